The molecule has 1 heterocycles. The Kier molecular flexibility index (Phi) is 3.98. The van der Waals surface area contributed by atoms with Gasteiger partial charge in [0.2, 0.25) is 0 Å². The van der Waals surface area contributed by atoms with E-state index in [0.717, 1.165) is 18.7 Å². The van der Waals surface area contributed by atoms with Crippen molar-refractivity contribution in [1.29, 1.82) is 0 Å². The molecule has 2 heteroatoms. The largest absolute Gasteiger partial charge is 0.489 e. The molecule has 3 rings (SSSR count). The quantitative estimate of drug-likeness (QED) is 0.847. The summed E-state index contributed by atoms with van der Waals surface area (Å²) in [6.45, 7) is 3.09. The van der Waals surface area contributed by atoms with Crippen LogP contribution in [0.3, 0.4) is 0 Å². The van der Waals surface area contributed by atoms with E-state index in [0.29, 0.717) is 5.92 Å². The zero-order valence-corrected chi connectivity index (χ0v) is 13.0. The zero-order valence-electron chi connectivity index (χ0n) is 13.0. The van der Waals surface area contributed by atoms with Crippen LogP contribution < -0.4 is 4.74 Å². The van der Waals surface area contributed by atoms with Gasteiger partial charge in [-0.25, -0.2) is 0 Å². The van der Waals surface area contributed by atoms with E-state index in [4.69, 9.17) is 4.74 Å². The Morgan fingerprint density at radius 2 is 1.76 bits per heavy atom. The highest BCUT2D eigenvalue weighted by atomic mass is 16.5. The van der Waals surface area contributed by atoms with Crippen LogP contribution in [-0.4, -0.2) is 31.6 Å². The normalized spacial score (nSPS) is 21.0. The van der Waals surface area contributed by atoms with Gasteiger partial charge in [0.05, 0.1) is 0 Å². The summed E-state index contributed by atoms with van der Waals surface area (Å²) in [5, 5.41) is 0. The van der Waals surface area contributed by atoms with E-state index in [1.54, 1.807) is 0 Å². The van der Waals surface area contributed by atoms with Crippen LogP contribution in [0, 0.1) is 6.92 Å². The predicted molar refractivity (Wildman–Crippen MR) is 87.1 cm³/mol. The third-order valence-corrected chi connectivity index (χ3v) is 4.14. The number of likely N-dealkylation sites (N-methyl/N-ethyl adjacent to an activating group) is 1. The Bertz CT molecular complexity index is 603. The third kappa shape index (κ3) is 3.11. The fraction of sp³-hybridized carbons (Fsp3) is 0.368. The molecule has 0 aliphatic carbocycles. The minimum atomic E-state index is 0.251. The minimum absolute atomic E-state index is 0.251. The number of fused-ring (bicyclic) bond motifs is 1. The van der Waals surface area contributed by atoms with Gasteiger partial charge < -0.3 is 9.64 Å². The standard InChI is InChI=1S/C19H23NO/c1-14-8-10-15(11-9-14)18-12-16(13-20(2)3)21-19-7-5-4-6-17(18)19/h4-11,16,18H,12-13H2,1-3H3. The summed E-state index contributed by atoms with van der Waals surface area (Å²) in [6.07, 6.45) is 1.29. The maximum absolute atomic E-state index is 6.18. The van der Waals surface area contributed by atoms with E-state index in [1.165, 1.54) is 16.7 Å². The van der Waals surface area contributed by atoms with E-state index < -0.39 is 0 Å². The van der Waals surface area contributed by atoms with Gasteiger partial charge in [0, 0.05) is 18.0 Å². The van der Waals surface area contributed by atoms with Crippen LogP contribution >= 0.6 is 0 Å². The lowest BCUT2D eigenvalue weighted by Gasteiger charge is -2.34. The maximum atomic E-state index is 6.18. The number of ether oxygens (including phenoxy) is 1. The molecule has 2 aromatic rings. The predicted octanol–water partition coefficient (Wildman–Crippen LogP) is 3.84. The van der Waals surface area contributed by atoms with Crippen LogP contribution in [0.25, 0.3) is 0 Å². The van der Waals surface area contributed by atoms with Crippen LogP contribution in [0.5, 0.6) is 5.75 Å². The van der Waals surface area contributed by atoms with Crippen molar-refractivity contribution in [1.82, 2.24) is 4.90 Å². The fourth-order valence-corrected chi connectivity index (χ4v) is 3.13. The van der Waals surface area contributed by atoms with E-state index >= 15 is 0 Å². The number of aryl methyl sites for hydroxylation is 1. The monoisotopic (exact) mass is 281 g/mol. The topological polar surface area (TPSA) is 12.5 Å². The molecule has 0 bridgehead atoms. The molecule has 0 radical (unpaired) electrons. The molecule has 2 nitrogen and oxygen atoms in total. The second kappa shape index (κ2) is 5.90. The molecule has 110 valence electrons. The second-order valence-electron chi connectivity index (χ2n) is 6.24. The number of hydrogen-bond donors (Lipinski definition) is 0. The van der Waals surface area contributed by atoms with Gasteiger partial charge in [-0.05, 0) is 39.1 Å². The molecule has 0 saturated heterocycles. The van der Waals surface area contributed by atoms with Crippen molar-refractivity contribution >= 4 is 0 Å². The molecule has 2 atom stereocenters. The average molecular weight is 281 g/mol. The molecule has 0 spiro atoms. The lowest BCUT2D eigenvalue weighted by molar-refractivity contribution is 0.131. The number of hydrogen-bond acceptors (Lipinski definition) is 2. The van der Waals surface area contributed by atoms with Gasteiger partial charge in [0.1, 0.15) is 11.9 Å². The van der Waals surface area contributed by atoms with Gasteiger partial charge in [-0.15, -0.1) is 0 Å². The maximum Gasteiger partial charge on any atom is 0.123 e. The first-order valence-corrected chi connectivity index (χ1v) is 7.60. The zero-order chi connectivity index (χ0) is 14.8. The van der Waals surface area contributed by atoms with Crippen molar-refractivity contribution in [3.05, 3.63) is 65.2 Å². The average Bonchev–Trinajstić information content (AvgIpc) is 2.46. The molecule has 2 aromatic carbocycles. The van der Waals surface area contributed by atoms with Gasteiger partial charge in [-0.2, -0.15) is 0 Å². The molecule has 1 aliphatic heterocycles. The summed E-state index contributed by atoms with van der Waals surface area (Å²) in [6, 6.07) is 17.4. The van der Waals surface area contributed by atoms with Gasteiger partial charge in [0.25, 0.3) is 0 Å². The molecule has 21 heavy (non-hydrogen) atoms. The summed E-state index contributed by atoms with van der Waals surface area (Å²) < 4.78 is 6.18. The van der Waals surface area contributed by atoms with Gasteiger partial charge in [0.15, 0.2) is 0 Å². The third-order valence-electron chi connectivity index (χ3n) is 4.14. The SMILES string of the molecule is Cc1ccc(C2CC(CN(C)C)Oc3ccccc32)cc1. The van der Waals surface area contributed by atoms with Crippen LogP contribution in [0.4, 0.5) is 0 Å². The number of benzene rings is 2. The van der Waals surface area contributed by atoms with Gasteiger partial charge >= 0.3 is 0 Å². The second-order valence-corrected chi connectivity index (χ2v) is 6.24. The van der Waals surface area contributed by atoms with E-state index in [-0.39, 0.29) is 6.10 Å². The lowest BCUT2D eigenvalue weighted by Crippen LogP contribution is -2.35. The Hall–Kier alpha value is -1.80. The van der Waals surface area contributed by atoms with Crippen LogP contribution in [-0.2, 0) is 0 Å². The molecular formula is C19H23NO. The fourth-order valence-electron chi connectivity index (χ4n) is 3.13. The first-order valence-electron chi connectivity index (χ1n) is 7.60. The Morgan fingerprint density at radius 3 is 2.48 bits per heavy atom. The molecule has 2 unspecified atom stereocenters. The molecule has 1 aliphatic rings. The first-order chi connectivity index (χ1) is 10.1. The van der Waals surface area contributed by atoms with E-state index in [1.807, 2.05) is 0 Å². The van der Waals surface area contributed by atoms with E-state index in [9.17, 15) is 0 Å². The molecular weight excluding hydrogens is 258 g/mol. The number of nitrogens with zero attached hydrogens (tertiary/aromatic N) is 1. The van der Waals surface area contributed by atoms with Crippen molar-refractivity contribution in [2.45, 2.75) is 25.4 Å². The molecule has 0 fully saturated rings. The summed E-state index contributed by atoms with van der Waals surface area (Å²) >= 11 is 0. The highest BCUT2D eigenvalue weighted by Gasteiger charge is 2.29. The highest BCUT2D eigenvalue weighted by molar-refractivity contribution is 5.44. The summed E-state index contributed by atoms with van der Waals surface area (Å²) in [5.41, 5.74) is 4.01. The van der Waals surface area contributed by atoms with Crippen molar-refractivity contribution in [2.24, 2.45) is 0 Å². The summed E-state index contributed by atoms with van der Waals surface area (Å²) in [5.74, 6) is 1.47. The lowest BCUT2D eigenvalue weighted by atomic mass is 9.84. The van der Waals surface area contributed by atoms with Crippen molar-refractivity contribution < 1.29 is 4.74 Å². The Labute approximate surface area is 127 Å². The first kappa shape index (κ1) is 14.2. The van der Waals surface area contributed by atoms with Crippen LogP contribution in [0.15, 0.2) is 48.5 Å². The summed E-state index contributed by atoms with van der Waals surface area (Å²) in [7, 11) is 4.20. The molecule has 0 saturated carbocycles. The van der Waals surface area contributed by atoms with Crippen LogP contribution in [0.2, 0.25) is 0 Å². The number of para-hydroxylation sites is 1. The van der Waals surface area contributed by atoms with Crippen molar-refractivity contribution in [3.63, 3.8) is 0 Å². The summed E-state index contributed by atoms with van der Waals surface area (Å²) in [4.78, 5) is 2.20. The van der Waals surface area contributed by atoms with Crippen LogP contribution in [0.1, 0.15) is 29.0 Å². The number of rotatable bonds is 3. The molecule has 0 amide bonds. The Balaban J connectivity index is 1.95. The van der Waals surface area contributed by atoms with Gasteiger partial charge in [-0.1, -0.05) is 48.0 Å². The van der Waals surface area contributed by atoms with Crippen molar-refractivity contribution in [3.8, 4) is 5.75 Å². The molecule has 0 N–H and O–H groups in total. The minimum Gasteiger partial charge on any atom is -0.489 e. The van der Waals surface area contributed by atoms with Crippen molar-refractivity contribution in [2.75, 3.05) is 20.6 Å². The highest BCUT2D eigenvalue weighted by Crippen LogP contribution is 2.40. The molecule has 0 aromatic heterocycles. The smallest absolute Gasteiger partial charge is 0.123 e. The van der Waals surface area contributed by atoms with Gasteiger partial charge in [-0.3, -0.25) is 0 Å². The Morgan fingerprint density at radius 1 is 1.05 bits per heavy atom. The van der Waals surface area contributed by atoms with E-state index in [2.05, 4.69) is 74.4 Å².